The number of nitrogens with zero attached hydrogens (tertiary/aromatic N) is 2. The van der Waals surface area contributed by atoms with E-state index in [2.05, 4.69) is 15.6 Å². The number of fused-ring (bicyclic) bond motifs is 1. The summed E-state index contributed by atoms with van der Waals surface area (Å²) in [5.74, 6) is -0.421. The number of aromatic nitrogens is 2. The maximum Gasteiger partial charge on any atom is 0.407 e. The molecule has 10 heteroatoms. The van der Waals surface area contributed by atoms with Crippen LogP contribution in [-0.4, -0.2) is 39.3 Å². The van der Waals surface area contributed by atoms with Crippen LogP contribution in [-0.2, 0) is 22.6 Å². The molecule has 0 saturated heterocycles. The molecule has 0 unspecified atom stereocenters. The van der Waals surface area contributed by atoms with Crippen LogP contribution in [0.2, 0.25) is 10.0 Å². The van der Waals surface area contributed by atoms with Gasteiger partial charge in [-0.25, -0.2) is 9.78 Å². The van der Waals surface area contributed by atoms with Crippen molar-refractivity contribution in [1.82, 2.24) is 20.2 Å². The largest absolute Gasteiger partial charge is 0.493 e. The number of likely N-dealkylation sites (N-methyl/N-ethyl adjacent to an activating group) is 1. The molecule has 3 N–H and O–H groups in total. The molecule has 1 aromatic carbocycles. The third-order valence-electron chi connectivity index (χ3n) is 4.91. The van der Waals surface area contributed by atoms with E-state index in [1.165, 1.54) is 11.6 Å². The maximum atomic E-state index is 12.3. The fraction of sp³-hybridized carbons (Fsp3) is 0.348. The number of halogens is 2. The second-order valence-electron chi connectivity index (χ2n) is 8.55. The summed E-state index contributed by atoms with van der Waals surface area (Å²) in [6, 6.07) is 5.09. The first-order valence-electron chi connectivity index (χ1n) is 10.3. The van der Waals surface area contributed by atoms with Crippen molar-refractivity contribution in [2.45, 2.75) is 46.4 Å². The predicted octanol–water partition coefficient (Wildman–Crippen LogP) is 4.79. The Balaban J connectivity index is 2.19. The molecule has 3 rings (SSSR count). The Morgan fingerprint density at radius 1 is 1.24 bits per heavy atom. The van der Waals surface area contributed by atoms with Crippen LogP contribution < -0.4 is 10.6 Å². The molecule has 3 aromatic rings. The van der Waals surface area contributed by atoms with Crippen LogP contribution in [0.1, 0.15) is 32.0 Å². The molecule has 2 amide bonds. The molecule has 0 fully saturated rings. The number of aromatic hydroxyl groups is 1. The Morgan fingerprint density at radius 3 is 2.55 bits per heavy atom. The number of benzene rings is 1. The topological polar surface area (TPSA) is 105 Å². The summed E-state index contributed by atoms with van der Waals surface area (Å²) >= 11 is 12.6. The molecule has 33 heavy (non-hydrogen) atoms. The average Bonchev–Trinajstić information content (AvgIpc) is 3.00. The molecule has 2 aromatic heterocycles. The Kier molecular flexibility index (Phi) is 7.09. The van der Waals surface area contributed by atoms with Gasteiger partial charge >= 0.3 is 6.09 Å². The first kappa shape index (κ1) is 24.7. The number of ether oxygens (including phenoxy) is 1. The van der Waals surface area contributed by atoms with Gasteiger partial charge in [-0.2, -0.15) is 0 Å². The Bertz CT molecular complexity index is 1230. The normalized spacial score (nSPS) is 11.5. The van der Waals surface area contributed by atoms with E-state index in [9.17, 15) is 14.7 Å². The van der Waals surface area contributed by atoms with Crippen molar-refractivity contribution in [3.63, 3.8) is 0 Å². The SMILES string of the molecule is CNC(=O)Cn1cc2c(-c3ccc(Cl)cc3Cl)c(CNC(=O)OC(C)(C)C)c(C)nc2c1O. The molecular formula is C23H26Cl2N4O4. The molecule has 0 aliphatic carbocycles. The Hall–Kier alpha value is -2.97. The van der Waals surface area contributed by atoms with Crippen LogP contribution in [0.4, 0.5) is 4.79 Å². The van der Waals surface area contributed by atoms with Gasteiger partial charge in [0.2, 0.25) is 11.8 Å². The number of hydrogen-bond acceptors (Lipinski definition) is 5. The number of aryl methyl sites for hydroxylation is 1. The zero-order chi connectivity index (χ0) is 24.5. The van der Waals surface area contributed by atoms with Crippen molar-refractivity contribution in [3.05, 3.63) is 45.7 Å². The fourth-order valence-electron chi connectivity index (χ4n) is 3.45. The zero-order valence-corrected chi connectivity index (χ0v) is 20.6. The Morgan fingerprint density at radius 2 is 1.94 bits per heavy atom. The highest BCUT2D eigenvalue weighted by Gasteiger charge is 2.23. The molecule has 0 atom stereocenters. The maximum absolute atomic E-state index is 12.3. The van der Waals surface area contributed by atoms with Gasteiger partial charge in [0.05, 0.1) is 0 Å². The summed E-state index contributed by atoms with van der Waals surface area (Å²) < 4.78 is 6.76. The number of alkyl carbamates (subject to hydrolysis) is 1. The van der Waals surface area contributed by atoms with Crippen LogP contribution in [0.5, 0.6) is 5.88 Å². The number of pyridine rings is 1. The van der Waals surface area contributed by atoms with Crippen molar-refractivity contribution >= 4 is 46.1 Å². The summed E-state index contributed by atoms with van der Waals surface area (Å²) in [6.07, 6.45) is 1.07. The van der Waals surface area contributed by atoms with Crippen molar-refractivity contribution < 1.29 is 19.4 Å². The highest BCUT2D eigenvalue weighted by molar-refractivity contribution is 6.36. The molecule has 0 radical (unpaired) electrons. The van der Waals surface area contributed by atoms with E-state index in [1.54, 1.807) is 52.1 Å². The first-order valence-corrected chi connectivity index (χ1v) is 11.0. The van der Waals surface area contributed by atoms with Crippen molar-refractivity contribution in [2.75, 3.05) is 7.05 Å². The van der Waals surface area contributed by atoms with Gasteiger partial charge in [0.1, 0.15) is 17.7 Å². The number of nitrogens with one attached hydrogen (secondary N) is 2. The molecular weight excluding hydrogens is 467 g/mol. The second kappa shape index (κ2) is 9.49. The zero-order valence-electron chi connectivity index (χ0n) is 19.0. The third kappa shape index (κ3) is 5.51. The van der Waals surface area contributed by atoms with Gasteiger partial charge in [0.15, 0.2) is 0 Å². The molecule has 0 aliphatic heterocycles. The third-order valence-corrected chi connectivity index (χ3v) is 5.46. The van der Waals surface area contributed by atoms with Gasteiger partial charge in [-0.15, -0.1) is 0 Å². The van der Waals surface area contributed by atoms with E-state index >= 15 is 0 Å². The van der Waals surface area contributed by atoms with Gasteiger partial charge in [0.25, 0.3) is 0 Å². The van der Waals surface area contributed by atoms with Gasteiger partial charge in [-0.1, -0.05) is 29.3 Å². The quantitative estimate of drug-likeness (QED) is 0.474. The number of carbonyl (C=O) groups excluding carboxylic acids is 2. The van der Waals surface area contributed by atoms with Crippen LogP contribution >= 0.6 is 23.2 Å². The molecule has 2 heterocycles. The number of amides is 2. The smallest absolute Gasteiger partial charge is 0.407 e. The van der Waals surface area contributed by atoms with E-state index in [1.807, 2.05) is 0 Å². The molecule has 0 spiro atoms. The van der Waals surface area contributed by atoms with Crippen LogP contribution in [0.15, 0.2) is 24.4 Å². The molecule has 0 aliphatic rings. The van der Waals surface area contributed by atoms with Crippen molar-refractivity contribution in [3.8, 4) is 17.0 Å². The van der Waals surface area contributed by atoms with Gasteiger partial charge in [-0.05, 0) is 39.8 Å². The van der Waals surface area contributed by atoms with Crippen LogP contribution in [0.3, 0.4) is 0 Å². The predicted molar refractivity (Wildman–Crippen MR) is 129 cm³/mol. The average molecular weight is 493 g/mol. The van der Waals surface area contributed by atoms with E-state index in [0.29, 0.717) is 43.3 Å². The van der Waals surface area contributed by atoms with Gasteiger partial charge in [0, 0.05) is 57.6 Å². The standard InChI is InChI=1S/C23H26Cl2N4O4/c1-12-15(9-27-22(32)33-23(2,3)4)19(14-7-6-13(24)8-17(14)25)16-10-29(11-18(30)26-5)21(31)20(16)28-12/h6-8,10,31H,9,11H2,1-5H3,(H,26,30)(H,27,32). The van der Waals surface area contributed by atoms with Crippen molar-refractivity contribution in [1.29, 1.82) is 0 Å². The molecule has 0 saturated carbocycles. The summed E-state index contributed by atoms with van der Waals surface area (Å²) in [7, 11) is 1.52. The fourth-order valence-corrected chi connectivity index (χ4v) is 3.95. The Labute approximate surface area is 201 Å². The molecule has 176 valence electrons. The number of carbonyl (C=O) groups is 2. The van der Waals surface area contributed by atoms with E-state index in [4.69, 9.17) is 27.9 Å². The molecule has 0 bridgehead atoms. The minimum atomic E-state index is -0.646. The van der Waals surface area contributed by atoms with Crippen LogP contribution in [0, 0.1) is 6.92 Å². The highest BCUT2D eigenvalue weighted by Crippen LogP contribution is 2.41. The van der Waals surface area contributed by atoms with Crippen molar-refractivity contribution in [2.24, 2.45) is 0 Å². The lowest BCUT2D eigenvalue weighted by Gasteiger charge is -2.21. The van der Waals surface area contributed by atoms with E-state index in [-0.39, 0.29) is 24.9 Å². The summed E-state index contributed by atoms with van der Waals surface area (Å²) in [4.78, 5) is 28.8. The minimum absolute atomic E-state index is 0.0863. The summed E-state index contributed by atoms with van der Waals surface area (Å²) in [5, 5.41) is 17.5. The lowest BCUT2D eigenvalue weighted by atomic mass is 9.95. The highest BCUT2D eigenvalue weighted by atomic mass is 35.5. The number of hydrogen-bond donors (Lipinski definition) is 3. The van der Waals surface area contributed by atoms with Gasteiger partial charge < -0.3 is 25.0 Å². The lowest BCUT2D eigenvalue weighted by Crippen LogP contribution is -2.32. The monoisotopic (exact) mass is 492 g/mol. The molecule has 8 nitrogen and oxygen atoms in total. The summed E-state index contributed by atoms with van der Waals surface area (Å²) in [5.41, 5.74) is 2.25. The van der Waals surface area contributed by atoms with E-state index in [0.717, 1.165) is 0 Å². The lowest BCUT2D eigenvalue weighted by molar-refractivity contribution is -0.121. The first-order chi connectivity index (χ1) is 15.4. The van der Waals surface area contributed by atoms with Crippen LogP contribution in [0.25, 0.3) is 22.0 Å². The number of rotatable bonds is 5. The second-order valence-corrected chi connectivity index (χ2v) is 9.39. The van der Waals surface area contributed by atoms with E-state index < -0.39 is 11.7 Å². The minimum Gasteiger partial charge on any atom is -0.493 e. The van der Waals surface area contributed by atoms with Gasteiger partial charge in [-0.3, -0.25) is 4.79 Å². The summed E-state index contributed by atoms with van der Waals surface area (Å²) in [6.45, 7) is 7.14.